The number of nitrogens with zero attached hydrogens (tertiary/aromatic N) is 3. The SMILES string of the molecule is O=C(c1cnccn1)N1CCO[C@@H](Cc2cccc(F)c2)C1. The Morgan fingerprint density at radius 2 is 2.32 bits per heavy atom. The van der Waals surface area contributed by atoms with Crippen LogP contribution in [0.5, 0.6) is 0 Å². The summed E-state index contributed by atoms with van der Waals surface area (Å²) in [7, 11) is 0. The Morgan fingerprint density at radius 1 is 1.41 bits per heavy atom. The van der Waals surface area contributed by atoms with Crippen molar-refractivity contribution in [3.63, 3.8) is 0 Å². The maximum atomic E-state index is 13.2. The first kappa shape index (κ1) is 14.6. The minimum atomic E-state index is -0.263. The number of hydrogen-bond donors (Lipinski definition) is 0. The van der Waals surface area contributed by atoms with Gasteiger partial charge in [0.1, 0.15) is 11.5 Å². The minimum Gasteiger partial charge on any atom is -0.374 e. The molecular formula is C16H16FN3O2. The molecule has 1 aliphatic rings. The zero-order valence-corrected chi connectivity index (χ0v) is 12.0. The van der Waals surface area contributed by atoms with E-state index >= 15 is 0 Å². The standard InChI is InChI=1S/C16H16FN3O2/c17-13-3-1-2-12(8-13)9-14-11-20(6-7-22-14)16(21)15-10-18-4-5-19-15/h1-5,8,10,14H,6-7,9,11H2/t14-/m0/s1. The van der Waals surface area contributed by atoms with Crippen LogP contribution in [0.2, 0.25) is 0 Å². The third-order valence-corrected chi connectivity index (χ3v) is 3.56. The Morgan fingerprint density at radius 3 is 3.09 bits per heavy atom. The molecule has 1 atom stereocenters. The van der Waals surface area contributed by atoms with Crippen molar-refractivity contribution in [3.8, 4) is 0 Å². The highest BCUT2D eigenvalue weighted by molar-refractivity contribution is 5.92. The summed E-state index contributed by atoms with van der Waals surface area (Å²) in [5.41, 5.74) is 1.19. The number of carbonyl (C=O) groups excluding carboxylic acids is 1. The van der Waals surface area contributed by atoms with Gasteiger partial charge in [0, 0.05) is 31.9 Å². The normalized spacial score (nSPS) is 18.2. The molecule has 5 nitrogen and oxygen atoms in total. The number of aromatic nitrogens is 2. The zero-order valence-electron chi connectivity index (χ0n) is 12.0. The minimum absolute atomic E-state index is 0.142. The lowest BCUT2D eigenvalue weighted by molar-refractivity contribution is -0.0210. The molecule has 1 fully saturated rings. The molecule has 114 valence electrons. The van der Waals surface area contributed by atoms with E-state index in [1.165, 1.54) is 30.7 Å². The number of rotatable bonds is 3. The molecule has 0 unspecified atom stereocenters. The average molecular weight is 301 g/mol. The fourth-order valence-electron chi connectivity index (χ4n) is 2.53. The van der Waals surface area contributed by atoms with E-state index in [4.69, 9.17) is 4.74 Å². The highest BCUT2D eigenvalue weighted by Gasteiger charge is 2.26. The quantitative estimate of drug-likeness (QED) is 0.866. The van der Waals surface area contributed by atoms with Crippen molar-refractivity contribution in [2.24, 2.45) is 0 Å². The van der Waals surface area contributed by atoms with Crippen LogP contribution in [0.15, 0.2) is 42.9 Å². The summed E-state index contributed by atoms with van der Waals surface area (Å²) in [6.45, 7) is 1.45. The number of ether oxygens (including phenoxy) is 1. The van der Waals surface area contributed by atoms with Gasteiger partial charge in [0.25, 0.3) is 5.91 Å². The molecule has 1 aromatic carbocycles. The molecule has 0 spiro atoms. The summed E-state index contributed by atoms with van der Waals surface area (Å²) in [4.78, 5) is 22.0. The first-order valence-corrected chi connectivity index (χ1v) is 7.14. The van der Waals surface area contributed by atoms with Crippen LogP contribution >= 0.6 is 0 Å². The summed E-state index contributed by atoms with van der Waals surface area (Å²) in [6, 6.07) is 6.44. The molecule has 0 N–H and O–H groups in total. The van der Waals surface area contributed by atoms with Crippen molar-refractivity contribution in [1.29, 1.82) is 0 Å². The number of hydrogen-bond acceptors (Lipinski definition) is 4. The molecular weight excluding hydrogens is 285 g/mol. The molecule has 0 radical (unpaired) electrons. The van der Waals surface area contributed by atoms with E-state index in [1.54, 1.807) is 11.0 Å². The van der Waals surface area contributed by atoms with Crippen LogP contribution in [0.1, 0.15) is 16.1 Å². The van der Waals surface area contributed by atoms with E-state index in [2.05, 4.69) is 9.97 Å². The van der Waals surface area contributed by atoms with Gasteiger partial charge in [-0.15, -0.1) is 0 Å². The predicted molar refractivity (Wildman–Crippen MR) is 77.8 cm³/mol. The fourth-order valence-corrected chi connectivity index (χ4v) is 2.53. The van der Waals surface area contributed by atoms with Crippen LogP contribution in [0.4, 0.5) is 4.39 Å². The van der Waals surface area contributed by atoms with Crippen molar-refractivity contribution in [3.05, 3.63) is 59.9 Å². The molecule has 2 heterocycles. The second kappa shape index (κ2) is 6.62. The van der Waals surface area contributed by atoms with Gasteiger partial charge in [0.05, 0.1) is 18.9 Å². The lowest BCUT2D eigenvalue weighted by atomic mass is 10.1. The largest absolute Gasteiger partial charge is 0.374 e. The highest BCUT2D eigenvalue weighted by Crippen LogP contribution is 2.14. The highest BCUT2D eigenvalue weighted by atomic mass is 19.1. The van der Waals surface area contributed by atoms with Gasteiger partial charge in [-0.05, 0) is 17.7 Å². The van der Waals surface area contributed by atoms with Gasteiger partial charge in [-0.25, -0.2) is 9.37 Å². The number of morpholine rings is 1. The summed E-state index contributed by atoms with van der Waals surface area (Å²) in [5.74, 6) is -0.415. The second-order valence-corrected chi connectivity index (χ2v) is 5.17. The average Bonchev–Trinajstić information content (AvgIpc) is 2.55. The van der Waals surface area contributed by atoms with Gasteiger partial charge in [-0.1, -0.05) is 12.1 Å². The van der Waals surface area contributed by atoms with E-state index in [-0.39, 0.29) is 17.8 Å². The van der Waals surface area contributed by atoms with E-state index in [0.29, 0.717) is 31.8 Å². The van der Waals surface area contributed by atoms with E-state index < -0.39 is 0 Å². The Kier molecular flexibility index (Phi) is 4.39. The summed E-state index contributed by atoms with van der Waals surface area (Å²) in [5, 5.41) is 0. The van der Waals surface area contributed by atoms with Crippen molar-refractivity contribution >= 4 is 5.91 Å². The van der Waals surface area contributed by atoms with Crippen molar-refractivity contribution < 1.29 is 13.9 Å². The molecule has 2 aromatic rings. The third-order valence-electron chi connectivity index (χ3n) is 3.56. The molecule has 6 heteroatoms. The molecule has 1 aliphatic heterocycles. The molecule has 1 amide bonds. The first-order valence-electron chi connectivity index (χ1n) is 7.14. The van der Waals surface area contributed by atoms with Gasteiger partial charge in [-0.3, -0.25) is 9.78 Å². The Balaban J connectivity index is 1.65. The molecule has 0 aliphatic carbocycles. The van der Waals surface area contributed by atoms with Crippen molar-refractivity contribution in [2.75, 3.05) is 19.7 Å². The second-order valence-electron chi connectivity index (χ2n) is 5.17. The molecule has 0 bridgehead atoms. The lowest BCUT2D eigenvalue weighted by Crippen LogP contribution is -2.46. The Bertz CT molecular complexity index is 651. The van der Waals surface area contributed by atoms with Gasteiger partial charge >= 0.3 is 0 Å². The molecule has 1 saturated heterocycles. The summed E-state index contributed by atoms with van der Waals surface area (Å²) >= 11 is 0. The lowest BCUT2D eigenvalue weighted by Gasteiger charge is -2.32. The van der Waals surface area contributed by atoms with E-state index in [9.17, 15) is 9.18 Å². The third kappa shape index (κ3) is 3.46. The number of benzene rings is 1. The summed E-state index contributed by atoms with van der Waals surface area (Å²) in [6.07, 6.45) is 4.92. The van der Waals surface area contributed by atoms with Crippen LogP contribution in [0.25, 0.3) is 0 Å². The number of amides is 1. The van der Waals surface area contributed by atoms with Crippen LogP contribution in [-0.2, 0) is 11.2 Å². The van der Waals surface area contributed by atoms with Crippen LogP contribution in [-0.4, -0.2) is 46.6 Å². The van der Waals surface area contributed by atoms with E-state index in [1.807, 2.05) is 6.07 Å². The van der Waals surface area contributed by atoms with Crippen LogP contribution in [0, 0.1) is 5.82 Å². The maximum Gasteiger partial charge on any atom is 0.274 e. The first-order chi connectivity index (χ1) is 10.7. The van der Waals surface area contributed by atoms with Gasteiger partial charge in [0.2, 0.25) is 0 Å². The molecule has 3 rings (SSSR count). The fraction of sp³-hybridized carbons (Fsp3) is 0.312. The van der Waals surface area contributed by atoms with Gasteiger partial charge in [-0.2, -0.15) is 0 Å². The number of carbonyl (C=O) groups is 1. The predicted octanol–water partition coefficient (Wildman–Crippen LogP) is 1.70. The summed E-state index contributed by atoms with van der Waals surface area (Å²) < 4.78 is 18.9. The Hall–Kier alpha value is -2.34. The van der Waals surface area contributed by atoms with Crippen molar-refractivity contribution in [2.45, 2.75) is 12.5 Å². The molecule has 22 heavy (non-hydrogen) atoms. The van der Waals surface area contributed by atoms with Crippen LogP contribution in [0.3, 0.4) is 0 Å². The van der Waals surface area contributed by atoms with Gasteiger partial charge < -0.3 is 9.64 Å². The van der Waals surface area contributed by atoms with Crippen LogP contribution < -0.4 is 0 Å². The monoisotopic (exact) mass is 301 g/mol. The molecule has 1 aromatic heterocycles. The van der Waals surface area contributed by atoms with Crippen molar-refractivity contribution in [1.82, 2.24) is 14.9 Å². The maximum absolute atomic E-state index is 13.2. The number of halogens is 1. The zero-order chi connectivity index (χ0) is 15.4. The topological polar surface area (TPSA) is 55.3 Å². The van der Waals surface area contributed by atoms with Gasteiger partial charge in [0.15, 0.2) is 0 Å². The van der Waals surface area contributed by atoms with E-state index in [0.717, 1.165) is 5.56 Å². The smallest absolute Gasteiger partial charge is 0.274 e. The molecule has 0 saturated carbocycles. The Labute approximate surface area is 127 Å².